The quantitative estimate of drug-likeness (QED) is 0.600. The molecule has 74 valence electrons. The van der Waals surface area contributed by atoms with Crippen LogP contribution in [0.1, 0.15) is 39.5 Å². The number of rotatable bonds is 7. The highest BCUT2D eigenvalue weighted by Crippen LogP contribution is 2.26. The standard InChI is InChI=1S/C10H22O2/c1-10(2,7-8-11)6-4-5-9-12-3/h11H,4-9H2,1-3H3. The second-order valence-corrected chi connectivity index (χ2v) is 4.09. The molecule has 0 radical (unpaired) electrons. The summed E-state index contributed by atoms with van der Waals surface area (Å²) in [6.45, 7) is 5.57. The van der Waals surface area contributed by atoms with Gasteiger partial charge in [-0.05, 0) is 24.7 Å². The Morgan fingerprint density at radius 3 is 2.33 bits per heavy atom. The lowest BCUT2D eigenvalue weighted by atomic mass is 9.84. The first kappa shape index (κ1) is 11.9. The van der Waals surface area contributed by atoms with Crippen LogP contribution in [0.3, 0.4) is 0 Å². The molecule has 0 fully saturated rings. The number of hydrogen-bond acceptors (Lipinski definition) is 2. The van der Waals surface area contributed by atoms with Crippen molar-refractivity contribution in [2.45, 2.75) is 39.5 Å². The van der Waals surface area contributed by atoms with Gasteiger partial charge in [-0.1, -0.05) is 20.3 Å². The fourth-order valence-corrected chi connectivity index (χ4v) is 1.28. The summed E-state index contributed by atoms with van der Waals surface area (Å²) >= 11 is 0. The number of aliphatic hydroxyl groups is 1. The van der Waals surface area contributed by atoms with Crippen LogP contribution in [-0.2, 0) is 4.74 Å². The van der Waals surface area contributed by atoms with Gasteiger partial charge >= 0.3 is 0 Å². The first-order valence-corrected chi connectivity index (χ1v) is 4.72. The van der Waals surface area contributed by atoms with E-state index in [9.17, 15) is 0 Å². The molecule has 1 N–H and O–H groups in total. The molecular weight excluding hydrogens is 152 g/mol. The summed E-state index contributed by atoms with van der Waals surface area (Å²) in [4.78, 5) is 0. The van der Waals surface area contributed by atoms with Crippen molar-refractivity contribution >= 4 is 0 Å². The third kappa shape index (κ3) is 6.62. The molecule has 0 bridgehead atoms. The Bertz CT molecular complexity index is 100. The summed E-state index contributed by atoms with van der Waals surface area (Å²) in [6, 6.07) is 0. The molecule has 2 nitrogen and oxygen atoms in total. The molecule has 2 heteroatoms. The average molecular weight is 174 g/mol. The molecule has 0 saturated carbocycles. The van der Waals surface area contributed by atoms with Crippen LogP contribution in [-0.4, -0.2) is 25.4 Å². The predicted octanol–water partition coefficient (Wildman–Crippen LogP) is 2.21. The minimum Gasteiger partial charge on any atom is -0.396 e. The lowest BCUT2D eigenvalue weighted by molar-refractivity contribution is 0.173. The maximum atomic E-state index is 8.78. The molecule has 0 heterocycles. The highest BCUT2D eigenvalue weighted by atomic mass is 16.5. The fourth-order valence-electron chi connectivity index (χ4n) is 1.28. The van der Waals surface area contributed by atoms with Gasteiger partial charge in [-0.25, -0.2) is 0 Å². The normalized spacial score (nSPS) is 12.0. The maximum Gasteiger partial charge on any atom is 0.0462 e. The van der Waals surface area contributed by atoms with Crippen LogP contribution in [0.25, 0.3) is 0 Å². The van der Waals surface area contributed by atoms with E-state index in [2.05, 4.69) is 13.8 Å². The van der Waals surface area contributed by atoms with Gasteiger partial charge in [0.15, 0.2) is 0 Å². The minimum absolute atomic E-state index is 0.294. The highest BCUT2D eigenvalue weighted by molar-refractivity contribution is 4.67. The molecule has 0 saturated heterocycles. The van der Waals surface area contributed by atoms with E-state index in [0.29, 0.717) is 12.0 Å². The zero-order chi connectivity index (χ0) is 9.45. The van der Waals surface area contributed by atoms with E-state index in [4.69, 9.17) is 9.84 Å². The van der Waals surface area contributed by atoms with E-state index < -0.39 is 0 Å². The van der Waals surface area contributed by atoms with Crippen molar-refractivity contribution in [1.29, 1.82) is 0 Å². The lowest BCUT2D eigenvalue weighted by Gasteiger charge is -2.23. The Morgan fingerprint density at radius 1 is 1.17 bits per heavy atom. The second-order valence-electron chi connectivity index (χ2n) is 4.09. The Hall–Kier alpha value is -0.0800. The van der Waals surface area contributed by atoms with Gasteiger partial charge in [0.25, 0.3) is 0 Å². The van der Waals surface area contributed by atoms with Crippen LogP contribution in [0.4, 0.5) is 0 Å². The van der Waals surface area contributed by atoms with Gasteiger partial charge in [-0.15, -0.1) is 0 Å². The molecule has 0 atom stereocenters. The monoisotopic (exact) mass is 174 g/mol. The van der Waals surface area contributed by atoms with Gasteiger partial charge in [0.2, 0.25) is 0 Å². The van der Waals surface area contributed by atoms with Crippen LogP contribution in [0.15, 0.2) is 0 Å². The van der Waals surface area contributed by atoms with Gasteiger partial charge in [-0.2, -0.15) is 0 Å². The molecule has 0 aromatic heterocycles. The molecule has 0 aliphatic rings. The number of aliphatic hydroxyl groups excluding tert-OH is 1. The molecule has 0 aliphatic heterocycles. The van der Waals surface area contributed by atoms with Crippen molar-refractivity contribution in [3.05, 3.63) is 0 Å². The summed E-state index contributed by atoms with van der Waals surface area (Å²) in [5.41, 5.74) is 0.294. The number of methoxy groups -OCH3 is 1. The average Bonchev–Trinajstić information content (AvgIpc) is 1.98. The zero-order valence-corrected chi connectivity index (χ0v) is 8.60. The summed E-state index contributed by atoms with van der Waals surface area (Å²) in [6.07, 6.45) is 4.41. The molecule has 0 aromatic carbocycles. The largest absolute Gasteiger partial charge is 0.396 e. The number of hydrogen-bond donors (Lipinski definition) is 1. The maximum absolute atomic E-state index is 8.78. The van der Waals surface area contributed by atoms with Crippen molar-refractivity contribution in [2.24, 2.45) is 5.41 Å². The van der Waals surface area contributed by atoms with E-state index >= 15 is 0 Å². The zero-order valence-electron chi connectivity index (χ0n) is 8.60. The van der Waals surface area contributed by atoms with Gasteiger partial charge in [0.1, 0.15) is 0 Å². The van der Waals surface area contributed by atoms with Crippen LogP contribution >= 0.6 is 0 Å². The van der Waals surface area contributed by atoms with E-state index in [-0.39, 0.29) is 0 Å². The van der Waals surface area contributed by atoms with Crippen molar-refractivity contribution in [3.63, 3.8) is 0 Å². The highest BCUT2D eigenvalue weighted by Gasteiger charge is 2.15. The number of ether oxygens (including phenoxy) is 1. The van der Waals surface area contributed by atoms with Crippen molar-refractivity contribution in [2.75, 3.05) is 20.3 Å². The first-order valence-electron chi connectivity index (χ1n) is 4.72. The van der Waals surface area contributed by atoms with E-state index in [1.54, 1.807) is 7.11 Å². The molecule has 12 heavy (non-hydrogen) atoms. The molecule has 0 unspecified atom stereocenters. The molecule has 0 spiro atoms. The molecule has 0 rings (SSSR count). The Kier molecular flexibility index (Phi) is 6.39. The van der Waals surface area contributed by atoms with E-state index in [1.807, 2.05) is 0 Å². The van der Waals surface area contributed by atoms with Crippen molar-refractivity contribution < 1.29 is 9.84 Å². The van der Waals surface area contributed by atoms with Gasteiger partial charge in [0, 0.05) is 20.3 Å². The van der Waals surface area contributed by atoms with Crippen molar-refractivity contribution in [1.82, 2.24) is 0 Å². The second kappa shape index (κ2) is 6.44. The Morgan fingerprint density at radius 2 is 1.83 bits per heavy atom. The molecular formula is C10H22O2. The summed E-state index contributed by atoms with van der Waals surface area (Å²) in [5.74, 6) is 0. The summed E-state index contributed by atoms with van der Waals surface area (Å²) in [7, 11) is 1.73. The SMILES string of the molecule is COCCCCC(C)(C)CCO. The molecule has 0 aliphatic carbocycles. The lowest BCUT2D eigenvalue weighted by Crippen LogP contribution is -2.13. The predicted molar refractivity (Wildman–Crippen MR) is 51.2 cm³/mol. The minimum atomic E-state index is 0.294. The Labute approximate surface area is 75.9 Å². The summed E-state index contributed by atoms with van der Waals surface area (Å²) in [5, 5.41) is 8.78. The van der Waals surface area contributed by atoms with E-state index in [0.717, 1.165) is 19.4 Å². The van der Waals surface area contributed by atoms with Gasteiger partial charge in [0.05, 0.1) is 0 Å². The van der Waals surface area contributed by atoms with E-state index in [1.165, 1.54) is 12.8 Å². The molecule has 0 aromatic rings. The van der Waals surface area contributed by atoms with Crippen LogP contribution in [0.2, 0.25) is 0 Å². The topological polar surface area (TPSA) is 29.5 Å². The summed E-state index contributed by atoms with van der Waals surface area (Å²) < 4.78 is 4.97. The van der Waals surface area contributed by atoms with Gasteiger partial charge < -0.3 is 9.84 Å². The van der Waals surface area contributed by atoms with Crippen LogP contribution in [0, 0.1) is 5.41 Å². The van der Waals surface area contributed by atoms with Crippen LogP contribution < -0.4 is 0 Å². The third-order valence-corrected chi connectivity index (χ3v) is 2.24. The fraction of sp³-hybridized carbons (Fsp3) is 1.00. The Balaban J connectivity index is 3.33. The van der Waals surface area contributed by atoms with Crippen molar-refractivity contribution in [3.8, 4) is 0 Å². The first-order chi connectivity index (χ1) is 5.62. The van der Waals surface area contributed by atoms with Gasteiger partial charge in [-0.3, -0.25) is 0 Å². The van der Waals surface area contributed by atoms with Crippen LogP contribution in [0.5, 0.6) is 0 Å². The third-order valence-electron chi connectivity index (χ3n) is 2.24. The smallest absolute Gasteiger partial charge is 0.0462 e. The number of unbranched alkanes of at least 4 members (excludes halogenated alkanes) is 1. The molecule has 0 amide bonds.